The zero-order valence-corrected chi connectivity index (χ0v) is 11.8. The van der Waals surface area contributed by atoms with Crippen molar-refractivity contribution < 1.29 is 4.74 Å². The molecule has 102 valence electrons. The van der Waals surface area contributed by atoms with Gasteiger partial charge in [-0.05, 0) is 62.7 Å². The van der Waals surface area contributed by atoms with E-state index in [0.29, 0.717) is 0 Å². The zero-order valence-electron chi connectivity index (χ0n) is 11.8. The molecule has 0 aromatic heterocycles. The highest BCUT2D eigenvalue weighted by atomic mass is 16.5. The summed E-state index contributed by atoms with van der Waals surface area (Å²) in [6.07, 6.45) is 6.79. The first kappa shape index (κ1) is 11.8. The van der Waals surface area contributed by atoms with E-state index in [-0.39, 0.29) is 0 Å². The number of ether oxygens (including phenoxy) is 1. The largest absolute Gasteiger partial charge is 0.496 e. The molecule has 3 aliphatic rings. The number of hydrogen-bond acceptors (Lipinski definition) is 2. The van der Waals surface area contributed by atoms with Crippen LogP contribution in [-0.4, -0.2) is 31.1 Å². The maximum Gasteiger partial charge on any atom is 0.122 e. The third-order valence-electron chi connectivity index (χ3n) is 5.53. The molecule has 3 atom stereocenters. The van der Waals surface area contributed by atoms with Crippen LogP contribution in [0.1, 0.15) is 42.7 Å². The molecule has 4 rings (SSSR count). The Hall–Kier alpha value is -1.02. The molecule has 2 aliphatic heterocycles. The first-order valence-corrected chi connectivity index (χ1v) is 7.78. The Morgan fingerprint density at radius 1 is 1.16 bits per heavy atom. The molecule has 2 nitrogen and oxygen atoms in total. The molecule has 0 radical (unpaired) electrons. The first-order chi connectivity index (χ1) is 9.38. The Morgan fingerprint density at radius 3 is 2.84 bits per heavy atom. The number of fused-ring (bicyclic) bond motifs is 2. The van der Waals surface area contributed by atoms with Gasteiger partial charge in [-0.3, -0.25) is 4.90 Å². The van der Waals surface area contributed by atoms with Crippen molar-refractivity contribution in [3.63, 3.8) is 0 Å². The van der Waals surface area contributed by atoms with Gasteiger partial charge < -0.3 is 4.74 Å². The van der Waals surface area contributed by atoms with Crippen LogP contribution in [0.2, 0.25) is 0 Å². The van der Waals surface area contributed by atoms with Crippen molar-refractivity contribution in [2.24, 2.45) is 5.92 Å². The van der Waals surface area contributed by atoms with Gasteiger partial charge in [0.05, 0.1) is 7.11 Å². The van der Waals surface area contributed by atoms with E-state index in [9.17, 15) is 0 Å². The van der Waals surface area contributed by atoms with Crippen LogP contribution in [0.25, 0.3) is 0 Å². The standard InChI is InChI=1S/C17H23NO/c1-19-15-8-2-5-12-11-13-6-3-9-18-10-4-7-14(16(12)15)17(13)18/h2,5,8,13-14,17H,3-4,6-7,9-11H2,1H3. The Kier molecular flexibility index (Phi) is 2.80. The fourth-order valence-electron chi connectivity index (χ4n) is 4.89. The minimum atomic E-state index is 0.721. The van der Waals surface area contributed by atoms with Gasteiger partial charge in [-0.1, -0.05) is 12.1 Å². The van der Waals surface area contributed by atoms with E-state index < -0.39 is 0 Å². The molecule has 0 bridgehead atoms. The molecule has 1 aromatic carbocycles. The van der Waals surface area contributed by atoms with Gasteiger partial charge in [-0.25, -0.2) is 0 Å². The van der Waals surface area contributed by atoms with Gasteiger partial charge in [0, 0.05) is 17.5 Å². The minimum absolute atomic E-state index is 0.721. The van der Waals surface area contributed by atoms with Crippen LogP contribution in [-0.2, 0) is 6.42 Å². The maximum atomic E-state index is 5.67. The zero-order chi connectivity index (χ0) is 12.8. The summed E-state index contributed by atoms with van der Waals surface area (Å²) in [7, 11) is 1.82. The van der Waals surface area contributed by atoms with E-state index in [2.05, 4.69) is 23.1 Å². The molecule has 0 amide bonds. The summed E-state index contributed by atoms with van der Waals surface area (Å²) in [4.78, 5) is 2.78. The highest BCUT2D eigenvalue weighted by Crippen LogP contribution is 2.49. The van der Waals surface area contributed by atoms with E-state index in [4.69, 9.17) is 4.74 Å². The summed E-state index contributed by atoms with van der Waals surface area (Å²) in [6, 6.07) is 7.45. The minimum Gasteiger partial charge on any atom is -0.496 e. The molecule has 0 N–H and O–H groups in total. The normalized spacial score (nSPS) is 33.4. The molecule has 0 spiro atoms. The Morgan fingerprint density at radius 2 is 2.00 bits per heavy atom. The third kappa shape index (κ3) is 1.73. The smallest absolute Gasteiger partial charge is 0.122 e. The highest BCUT2D eigenvalue weighted by Gasteiger charge is 2.44. The van der Waals surface area contributed by atoms with Crippen molar-refractivity contribution in [1.29, 1.82) is 0 Å². The van der Waals surface area contributed by atoms with E-state index >= 15 is 0 Å². The van der Waals surface area contributed by atoms with Crippen molar-refractivity contribution >= 4 is 0 Å². The van der Waals surface area contributed by atoms with Crippen molar-refractivity contribution in [2.45, 2.75) is 44.1 Å². The number of methoxy groups -OCH3 is 1. The summed E-state index contributed by atoms with van der Waals surface area (Å²) < 4.78 is 5.67. The topological polar surface area (TPSA) is 12.5 Å². The molecule has 2 heteroatoms. The van der Waals surface area contributed by atoms with E-state index in [1.54, 1.807) is 5.56 Å². The second-order valence-electron chi connectivity index (χ2n) is 6.41. The van der Waals surface area contributed by atoms with E-state index in [0.717, 1.165) is 23.6 Å². The summed E-state index contributed by atoms with van der Waals surface area (Å²) in [5.41, 5.74) is 3.10. The van der Waals surface area contributed by atoms with Crippen LogP contribution in [0.5, 0.6) is 5.75 Å². The molecular weight excluding hydrogens is 234 g/mol. The molecule has 0 saturated carbocycles. The number of nitrogens with zero attached hydrogens (tertiary/aromatic N) is 1. The van der Waals surface area contributed by atoms with Gasteiger partial charge in [-0.2, -0.15) is 0 Å². The molecule has 2 saturated heterocycles. The van der Waals surface area contributed by atoms with Gasteiger partial charge in [0.25, 0.3) is 0 Å². The van der Waals surface area contributed by atoms with Crippen LogP contribution >= 0.6 is 0 Å². The fraction of sp³-hybridized carbons (Fsp3) is 0.647. The number of hydrogen-bond donors (Lipinski definition) is 0. The number of benzene rings is 1. The lowest BCUT2D eigenvalue weighted by atomic mass is 9.66. The quantitative estimate of drug-likeness (QED) is 0.766. The summed E-state index contributed by atoms with van der Waals surface area (Å²) in [5.74, 6) is 2.74. The molecule has 19 heavy (non-hydrogen) atoms. The van der Waals surface area contributed by atoms with Gasteiger partial charge in [0.15, 0.2) is 0 Å². The molecule has 2 fully saturated rings. The predicted molar refractivity (Wildman–Crippen MR) is 76.8 cm³/mol. The van der Waals surface area contributed by atoms with Crippen LogP contribution in [0.3, 0.4) is 0 Å². The fourth-order valence-corrected chi connectivity index (χ4v) is 4.89. The van der Waals surface area contributed by atoms with Gasteiger partial charge in [-0.15, -0.1) is 0 Å². The first-order valence-electron chi connectivity index (χ1n) is 7.78. The molecule has 3 unspecified atom stereocenters. The van der Waals surface area contributed by atoms with Crippen LogP contribution in [0.15, 0.2) is 18.2 Å². The maximum absolute atomic E-state index is 5.67. The summed E-state index contributed by atoms with van der Waals surface area (Å²) in [5, 5.41) is 0. The lowest BCUT2D eigenvalue weighted by Gasteiger charge is -2.52. The van der Waals surface area contributed by atoms with Crippen molar-refractivity contribution in [3.8, 4) is 5.75 Å². The van der Waals surface area contributed by atoms with E-state index in [1.165, 1.54) is 50.8 Å². The highest BCUT2D eigenvalue weighted by molar-refractivity contribution is 5.46. The van der Waals surface area contributed by atoms with Gasteiger partial charge >= 0.3 is 0 Å². The van der Waals surface area contributed by atoms with Crippen LogP contribution < -0.4 is 4.74 Å². The van der Waals surface area contributed by atoms with Crippen LogP contribution in [0.4, 0.5) is 0 Å². The Labute approximate surface area is 115 Å². The second kappa shape index (κ2) is 4.52. The van der Waals surface area contributed by atoms with E-state index in [1.807, 2.05) is 7.11 Å². The monoisotopic (exact) mass is 257 g/mol. The molecule has 1 aromatic rings. The molecule has 1 aliphatic carbocycles. The lowest BCUT2D eigenvalue weighted by Crippen LogP contribution is -2.54. The van der Waals surface area contributed by atoms with Gasteiger partial charge in [0.1, 0.15) is 5.75 Å². The average molecular weight is 257 g/mol. The van der Waals surface area contributed by atoms with Crippen molar-refractivity contribution in [2.75, 3.05) is 20.2 Å². The number of piperidine rings is 2. The van der Waals surface area contributed by atoms with Crippen LogP contribution in [0, 0.1) is 5.92 Å². The van der Waals surface area contributed by atoms with Crippen molar-refractivity contribution in [3.05, 3.63) is 29.3 Å². The molecular formula is C17H23NO. The lowest BCUT2D eigenvalue weighted by molar-refractivity contribution is 0.0341. The second-order valence-corrected chi connectivity index (χ2v) is 6.41. The Bertz CT molecular complexity index is 482. The SMILES string of the molecule is COc1cccc2c1C1CCCN3CCCC(C2)C13. The predicted octanol–water partition coefficient (Wildman–Crippen LogP) is 3.21. The van der Waals surface area contributed by atoms with Gasteiger partial charge in [0.2, 0.25) is 0 Å². The van der Waals surface area contributed by atoms with Crippen molar-refractivity contribution in [1.82, 2.24) is 4.90 Å². The average Bonchev–Trinajstić information content (AvgIpc) is 2.47. The summed E-state index contributed by atoms with van der Waals surface area (Å²) in [6.45, 7) is 2.64. The molecule has 2 heterocycles. The third-order valence-corrected chi connectivity index (χ3v) is 5.53. The number of rotatable bonds is 1. The summed E-state index contributed by atoms with van der Waals surface area (Å²) >= 11 is 0. The Balaban J connectivity index is 1.82.